The lowest BCUT2D eigenvalue weighted by molar-refractivity contribution is -0.0531. The van der Waals surface area contributed by atoms with E-state index in [0.29, 0.717) is 37.5 Å². The molecule has 0 radical (unpaired) electrons. The Morgan fingerprint density at radius 2 is 2.00 bits per heavy atom. The van der Waals surface area contributed by atoms with Crippen molar-refractivity contribution in [2.45, 2.75) is 19.6 Å². The van der Waals surface area contributed by atoms with E-state index in [-0.39, 0.29) is 17.4 Å². The van der Waals surface area contributed by atoms with E-state index >= 15 is 0 Å². The maximum atomic E-state index is 11.9. The van der Waals surface area contributed by atoms with Gasteiger partial charge in [0.2, 0.25) is 0 Å². The number of benzene rings is 1. The van der Waals surface area contributed by atoms with E-state index in [1.54, 1.807) is 13.0 Å². The van der Waals surface area contributed by atoms with Gasteiger partial charge in [-0.2, -0.15) is 5.26 Å². The van der Waals surface area contributed by atoms with Gasteiger partial charge in [0.1, 0.15) is 17.4 Å². The van der Waals surface area contributed by atoms with E-state index in [0.717, 1.165) is 11.3 Å². The molecule has 1 N–H and O–H groups in total. The van der Waals surface area contributed by atoms with Crippen LogP contribution in [0.3, 0.4) is 0 Å². The third kappa shape index (κ3) is 3.65. The van der Waals surface area contributed by atoms with Crippen molar-refractivity contribution >= 4 is 0 Å². The molecule has 0 amide bonds. The first kappa shape index (κ1) is 16.2. The van der Waals surface area contributed by atoms with E-state index in [4.69, 9.17) is 14.2 Å². The second kappa shape index (κ2) is 7.30. The van der Waals surface area contributed by atoms with Gasteiger partial charge in [-0.3, -0.25) is 4.79 Å². The highest BCUT2D eigenvalue weighted by Gasteiger charge is 2.15. The Morgan fingerprint density at radius 1 is 1.29 bits per heavy atom. The van der Waals surface area contributed by atoms with Crippen LogP contribution < -0.4 is 10.3 Å². The molecule has 0 unspecified atom stereocenters. The summed E-state index contributed by atoms with van der Waals surface area (Å²) in [6.45, 7) is 3.56. The van der Waals surface area contributed by atoms with Gasteiger partial charge in [0, 0.05) is 17.7 Å². The summed E-state index contributed by atoms with van der Waals surface area (Å²) in [5.74, 6) is 0.719. The molecule has 24 heavy (non-hydrogen) atoms. The third-order valence-corrected chi connectivity index (χ3v) is 3.76. The number of nitriles is 1. The molecule has 0 saturated carbocycles. The predicted octanol–water partition coefficient (Wildman–Crippen LogP) is 2.36. The van der Waals surface area contributed by atoms with E-state index in [9.17, 15) is 10.1 Å². The largest absolute Gasteiger partial charge is 0.493 e. The average Bonchev–Trinajstić information content (AvgIpc) is 3.08. The van der Waals surface area contributed by atoms with Gasteiger partial charge >= 0.3 is 0 Å². The smallest absolute Gasteiger partial charge is 0.266 e. The van der Waals surface area contributed by atoms with Crippen LogP contribution in [0.25, 0.3) is 11.1 Å². The average molecular weight is 326 g/mol. The van der Waals surface area contributed by atoms with Crippen molar-refractivity contribution in [1.29, 1.82) is 5.26 Å². The normalized spacial score (nSPS) is 14.5. The highest BCUT2D eigenvalue weighted by Crippen LogP contribution is 2.24. The molecule has 0 spiro atoms. The molecule has 1 saturated heterocycles. The summed E-state index contributed by atoms with van der Waals surface area (Å²) < 4.78 is 16.4. The van der Waals surface area contributed by atoms with Crippen LogP contribution >= 0.6 is 0 Å². The fraction of sp³-hybridized carbons (Fsp3) is 0.333. The monoisotopic (exact) mass is 326 g/mol. The van der Waals surface area contributed by atoms with Gasteiger partial charge in [-0.15, -0.1) is 0 Å². The molecule has 2 heterocycles. The lowest BCUT2D eigenvalue weighted by Crippen LogP contribution is -2.13. The van der Waals surface area contributed by atoms with Gasteiger partial charge in [0.05, 0.1) is 19.8 Å². The van der Waals surface area contributed by atoms with Gasteiger partial charge in [0.15, 0.2) is 6.29 Å². The SMILES string of the molecule is Cc1cc(-c2ccc(OCCC3OCCO3)cc2)c(C#N)c(=O)[nH]1. The van der Waals surface area contributed by atoms with E-state index in [1.165, 1.54) is 0 Å². The summed E-state index contributed by atoms with van der Waals surface area (Å²) >= 11 is 0. The summed E-state index contributed by atoms with van der Waals surface area (Å²) in [6, 6.07) is 11.1. The van der Waals surface area contributed by atoms with Crippen molar-refractivity contribution in [1.82, 2.24) is 4.98 Å². The van der Waals surface area contributed by atoms with Gasteiger partial charge in [0.25, 0.3) is 5.56 Å². The van der Waals surface area contributed by atoms with Crippen LogP contribution in [-0.4, -0.2) is 31.1 Å². The molecule has 1 aliphatic heterocycles. The van der Waals surface area contributed by atoms with Crippen molar-refractivity contribution in [3.63, 3.8) is 0 Å². The fourth-order valence-corrected chi connectivity index (χ4v) is 2.60. The first-order chi connectivity index (χ1) is 11.7. The highest BCUT2D eigenvalue weighted by molar-refractivity contribution is 5.70. The summed E-state index contributed by atoms with van der Waals surface area (Å²) in [6.07, 6.45) is 0.495. The number of nitrogens with one attached hydrogen (secondary N) is 1. The summed E-state index contributed by atoms with van der Waals surface area (Å²) in [7, 11) is 0. The quantitative estimate of drug-likeness (QED) is 0.912. The molecule has 1 aliphatic rings. The van der Waals surface area contributed by atoms with Gasteiger partial charge in [-0.25, -0.2) is 0 Å². The summed E-state index contributed by atoms with van der Waals surface area (Å²) in [5, 5.41) is 9.21. The lowest BCUT2D eigenvalue weighted by atomic mass is 10.0. The third-order valence-electron chi connectivity index (χ3n) is 3.76. The molecule has 124 valence electrons. The number of hydrogen-bond donors (Lipinski definition) is 1. The second-order valence-corrected chi connectivity index (χ2v) is 5.51. The van der Waals surface area contributed by atoms with Crippen molar-refractivity contribution in [2.24, 2.45) is 0 Å². The van der Waals surface area contributed by atoms with Crippen LogP contribution in [0.1, 0.15) is 17.7 Å². The first-order valence-corrected chi connectivity index (χ1v) is 7.78. The highest BCUT2D eigenvalue weighted by atomic mass is 16.7. The van der Waals surface area contributed by atoms with Crippen LogP contribution in [0.2, 0.25) is 0 Å². The van der Waals surface area contributed by atoms with Crippen LogP contribution in [-0.2, 0) is 9.47 Å². The molecule has 0 aliphatic carbocycles. The predicted molar refractivity (Wildman–Crippen MR) is 87.8 cm³/mol. The second-order valence-electron chi connectivity index (χ2n) is 5.51. The molecule has 0 atom stereocenters. The fourth-order valence-electron chi connectivity index (χ4n) is 2.60. The molecular weight excluding hydrogens is 308 g/mol. The van der Waals surface area contributed by atoms with Crippen LogP contribution in [0.4, 0.5) is 0 Å². The Balaban J connectivity index is 1.70. The van der Waals surface area contributed by atoms with Gasteiger partial charge in [-0.1, -0.05) is 12.1 Å². The molecular formula is C18H18N2O4. The molecule has 2 aromatic rings. The number of nitrogens with zero attached hydrogens (tertiary/aromatic N) is 1. The van der Waals surface area contributed by atoms with Crippen molar-refractivity contribution in [2.75, 3.05) is 19.8 Å². The number of aromatic nitrogens is 1. The first-order valence-electron chi connectivity index (χ1n) is 7.78. The van der Waals surface area contributed by atoms with Gasteiger partial charge < -0.3 is 19.2 Å². The number of aryl methyl sites for hydroxylation is 1. The molecule has 1 aromatic heterocycles. The number of ether oxygens (including phenoxy) is 3. The van der Waals surface area contributed by atoms with Crippen molar-refractivity contribution in [3.05, 3.63) is 51.9 Å². The van der Waals surface area contributed by atoms with Gasteiger partial charge in [-0.05, 0) is 30.7 Å². The molecule has 6 nitrogen and oxygen atoms in total. The minimum Gasteiger partial charge on any atom is -0.493 e. The topological polar surface area (TPSA) is 84.3 Å². The summed E-state index contributed by atoms with van der Waals surface area (Å²) in [4.78, 5) is 14.5. The zero-order chi connectivity index (χ0) is 16.9. The molecule has 6 heteroatoms. The van der Waals surface area contributed by atoms with Crippen molar-refractivity contribution < 1.29 is 14.2 Å². The Labute approximate surface area is 139 Å². The van der Waals surface area contributed by atoms with Crippen LogP contribution in [0.5, 0.6) is 5.75 Å². The zero-order valence-corrected chi connectivity index (χ0v) is 13.4. The summed E-state index contributed by atoms with van der Waals surface area (Å²) in [5.41, 5.74) is 1.88. The Morgan fingerprint density at radius 3 is 2.67 bits per heavy atom. The molecule has 3 rings (SSSR count). The lowest BCUT2D eigenvalue weighted by Gasteiger charge is -2.11. The van der Waals surface area contributed by atoms with Crippen molar-refractivity contribution in [3.8, 4) is 22.9 Å². The zero-order valence-electron chi connectivity index (χ0n) is 13.4. The number of pyridine rings is 1. The molecule has 1 aromatic carbocycles. The Hall–Kier alpha value is -2.62. The van der Waals surface area contributed by atoms with Crippen LogP contribution in [0.15, 0.2) is 35.1 Å². The number of rotatable bonds is 5. The molecule has 1 fully saturated rings. The number of hydrogen-bond acceptors (Lipinski definition) is 5. The van der Waals surface area contributed by atoms with Crippen LogP contribution in [0, 0.1) is 18.3 Å². The molecule has 0 bridgehead atoms. The maximum absolute atomic E-state index is 11.9. The number of aromatic amines is 1. The van der Waals surface area contributed by atoms with E-state index in [1.807, 2.05) is 30.3 Å². The minimum atomic E-state index is -0.371. The Kier molecular flexibility index (Phi) is 4.94. The minimum absolute atomic E-state index is 0.116. The standard InChI is InChI=1S/C18H18N2O4/c1-12-10-15(16(11-19)18(21)20-12)13-2-4-14(5-3-13)22-7-6-17-23-8-9-24-17/h2-5,10,17H,6-9H2,1H3,(H,20,21). The van der Waals surface area contributed by atoms with E-state index in [2.05, 4.69) is 4.98 Å². The number of H-pyrrole nitrogens is 1. The van der Waals surface area contributed by atoms with E-state index < -0.39 is 0 Å². The Bertz CT molecular complexity index is 799. The maximum Gasteiger partial charge on any atom is 0.266 e.